The fourth-order valence-electron chi connectivity index (χ4n) is 6.41. The van der Waals surface area contributed by atoms with Gasteiger partial charge in [0, 0.05) is 48.1 Å². The standard InChI is InChI=1S/C32H32N2O8/c1-19-13-23(35)15-24-30(2,10-9-20-14-25(36)40-18-20)32(4,39)27(42-29(38)22-8-6-12-34-17-22)26(31(19,24)3)41-28(37)21-7-5-11-33-16-21/h5-14,16-17,24,26-27,39H,15,18H2,1-4H3/b10-9+/t24-,26+,27+,30-,31+,32+/m1/s1. The minimum Gasteiger partial charge on any atom is -0.458 e. The van der Waals surface area contributed by atoms with Crippen molar-refractivity contribution in [3.05, 3.63) is 95.6 Å². The molecule has 2 aromatic rings. The lowest BCUT2D eigenvalue weighted by molar-refractivity contribution is -0.249. The van der Waals surface area contributed by atoms with Crippen molar-refractivity contribution in [3.8, 4) is 0 Å². The van der Waals surface area contributed by atoms with Crippen LogP contribution in [-0.2, 0) is 23.8 Å². The van der Waals surface area contributed by atoms with Crippen LogP contribution in [0.2, 0.25) is 0 Å². The molecule has 0 aromatic carbocycles. The molecule has 0 amide bonds. The normalized spacial score (nSPS) is 32.5. The number of esters is 3. The van der Waals surface area contributed by atoms with Crippen LogP contribution in [-0.4, -0.2) is 63.2 Å². The van der Waals surface area contributed by atoms with E-state index in [1.54, 1.807) is 44.2 Å². The Kier molecular flexibility index (Phi) is 7.44. The second kappa shape index (κ2) is 10.8. The highest BCUT2D eigenvalue weighted by Gasteiger charge is 2.70. The van der Waals surface area contributed by atoms with Crippen molar-refractivity contribution in [2.75, 3.05) is 6.61 Å². The molecule has 2 aromatic heterocycles. The molecule has 10 heteroatoms. The minimum atomic E-state index is -1.88. The number of hydrogen-bond acceptors (Lipinski definition) is 10. The number of rotatable bonds is 6. The van der Waals surface area contributed by atoms with E-state index >= 15 is 0 Å². The number of ether oxygens (including phenoxy) is 3. The molecule has 1 fully saturated rings. The van der Waals surface area contributed by atoms with Gasteiger partial charge in [-0.3, -0.25) is 14.8 Å². The third-order valence-electron chi connectivity index (χ3n) is 9.18. The van der Waals surface area contributed by atoms with Gasteiger partial charge in [-0.25, -0.2) is 14.4 Å². The molecule has 0 unspecified atom stereocenters. The van der Waals surface area contributed by atoms with Crippen LogP contribution in [0, 0.1) is 16.7 Å². The maximum atomic E-state index is 13.5. The van der Waals surface area contributed by atoms with Crippen molar-refractivity contribution in [1.29, 1.82) is 0 Å². The number of carbonyl (C=O) groups excluding carboxylic acids is 4. The Morgan fingerprint density at radius 2 is 1.57 bits per heavy atom. The Bertz CT molecular complexity index is 1510. The summed E-state index contributed by atoms with van der Waals surface area (Å²) in [7, 11) is 0. The van der Waals surface area contributed by atoms with Gasteiger partial charge < -0.3 is 19.3 Å². The maximum Gasteiger partial charge on any atom is 0.340 e. The quantitative estimate of drug-likeness (QED) is 0.403. The van der Waals surface area contributed by atoms with Crippen LogP contribution in [0.15, 0.2) is 84.5 Å². The van der Waals surface area contributed by atoms with E-state index < -0.39 is 52.5 Å². The molecule has 1 saturated carbocycles. The fraction of sp³-hybridized carbons (Fsp3) is 0.375. The van der Waals surface area contributed by atoms with Crippen molar-refractivity contribution in [3.63, 3.8) is 0 Å². The molecule has 218 valence electrons. The Labute approximate surface area is 243 Å². The molecular formula is C32H32N2O8. The first kappa shape index (κ1) is 29.1. The highest BCUT2D eigenvalue weighted by Crippen LogP contribution is 2.63. The number of cyclic esters (lactones) is 1. The monoisotopic (exact) mass is 572 g/mol. The Morgan fingerprint density at radius 3 is 2.10 bits per heavy atom. The molecule has 42 heavy (non-hydrogen) atoms. The largest absolute Gasteiger partial charge is 0.458 e. The Morgan fingerprint density at radius 1 is 0.976 bits per heavy atom. The number of pyridine rings is 2. The SMILES string of the molecule is CC1=CC(=O)C[C@H]2[C@@]1(C)[C@@H](OC(=O)c1cccnc1)[C@H](OC(=O)c1cccnc1)[C@](C)(O)[C@]2(C)/C=C/C1=CC(=O)OC1. The van der Waals surface area contributed by atoms with Gasteiger partial charge in [0.1, 0.15) is 12.2 Å². The topological polar surface area (TPSA) is 142 Å². The lowest BCUT2D eigenvalue weighted by Crippen LogP contribution is -2.73. The molecule has 0 saturated heterocycles. The fourth-order valence-corrected chi connectivity index (χ4v) is 6.41. The number of aliphatic hydroxyl groups is 1. The summed E-state index contributed by atoms with van der Waals surface area (Å²) in [6.07, 6.45) is 9.45. The van der Waals surface area contributed by atoms with E-state index in [0.29, 0.717) is 11.1 Å². The predicted octanol–water partition coefficient (Wildman–Crippen LogP) is 3.58. The van der Waals surface area contributed by atoms with Gasteiger partial charge in [0.2, 0.25) is 0 Å². The Balaban J connectivity index is 1.67. The first-order valence-corrected chi connectivity index (χ1v) is 13.6. The summed E-state index contributed by atoms with van der Waals surface area (Å²) in [6.45, 7) is 6.97. The van der Waals surface area contributed by atoms with Crippen LogP contribution in [0.1, 0.15) is 54.8 Å². The average Bonchev–Trinajstić information content (AvgIpc) is 3.40. The lowest BCUT2D eigenvalue weighted by Gasteiger charge is -2.64. The third-order valence-corrected chi connectivity index (χ3v) is 9.18. The van der Waals surface area contributed by atoms with Crippen LogP contribution in [0.25, 0.3) is 0 Å². The van der Waals surface area contributed by atoms with Crippen LogP contribution < -0.4 is 0 Å². The maximum absolute atomic E-state index is 13.5. The highest BCUT2D eigenvalue weighted by molar-refractivity contribution is 5.93. The molecule has 0 spiro atoms. The van der Waals surface area contributed by atoms with Crippen LogP contribution in [0.4, 0.5) is 0 Å². The third kappa shape index (κ3) is 4.85. The molecule has 3 heterocycles. The zero-order valence-corrected chi connectivity index (χ0v) is 23.8. The van der Waals surface area contributed by atoms with Crippen LogP contribution in [0.3, 0.4) is 0 Å². The molecule has 2 aliphatic carbocycles. The van der Waals surface area contributed by atoms with Gasteiger partial charge in [-0.05, 0) is 55.7 Å². The predicted molar refractivity (Wildman–Crippen MR) is 149 cm³/mol. The average molecular weight is 573 g/mol. The number of fused-ring (bicyclic) bond motifs is 1. The summed E-state index contributed by atoms with van der Waals surface area (Å²) in [5, 5.41) is 12.5. The van der Waals surface area contributed by atoms with E-state index in [2.05, 4.69) is 9.97 Å². The molecular weight excluding hydrogens is 540 g/mol. The second-order valence-corrected chi connectivity index (χ2v) is 11.6. The van der Waals surface area contributed by atoms with Crippen LogP contribution >= 0.6 is 0 Å². The molecule has 6 atom stereocenters. The zero-order valence-electron chi connectivity index (χ0n) is 23.8. The molecule has 0 bridgehead atoms. The summed E-state index contributed by atoms with van der Waals surface area (Å²) in [6, 6.07) is 6.25. The number of hydrogen-bond donors (Lipinski definition) is 1. The number of ketones is 1. The summed E-state index contributed by atoms with van der Waals surface area (Å²) < 4.78 is 17.2. The summed E-state index contributed by atoms with van der Waals surface area (Å²) >= 11 is 0. The van der Waals surface area contributed by atoms with E-state index in [1.165, 1.54) is 49.9 Å². The van der Waals surface area contributed by atoms with E-state index in [4.69, 9.17) is 14.2 Å². The molecule has 1 N–H and O–H groups in total. The first-order valence-electron chi connectivity index (χ1n) is 13.6. The van der Waals surface area contributed by atoms with Gasteiger partial charge in [-0.1, -0.05) is 31.6 Å². The van der Waals surface area contributed by atoms with E-state index in [-0.39, 0.29) is 29.9 Å². The van der Waals surface area contributed by atoms with Crippen molar-refractivity contribution >= 4 is 23.7 Å². The van der Waals surface area contributed by atoms with Crippen molar-refractivity contribution in [1.82, 2.24) is 9.97 Å². The molecule has 0 radical (unpaired) electrons. The first-order chi connectivity index (χ1) is 19.9. The smallest absolute Gasteiger partial charge is 0.340 e. The summed E-state index contributed by atoms with van der Waals surface area (Å²) in [5.74, 6) is -2.71. The second-order valence-electron chi connectivity index (χ2n) is 11.6. The van der Waals surface area contributed by atoms with Gasteiger partial charge >= 0.3 is 17.9 Å². The van der Waals surface area contributed by atoms with E-state index in [9.17, 15) is 24.3 Å². The summed E-state index contributed by atoms with van der Waals surface area (Å²) in [5.41, 5.74) is -2.65. The minimum absolute atomic E-state index is 0.0313. The molecule has 3 aliphatic rings. The van der Waals surface area contributed by atoms with E-state index in [0.717, 1.165) is 0 Å². The highest BCUT2D eigenvalue weighted by atomic mass is 16.6. The zero-order chi connectivity index (χ0) is 30.3. The van der Waals surface area contributed by atoms with Gasteiger partial charge in [0.05, 0.1) is 11.1 Å². The molecule has 5 rings (SSSR count). The van der Waals surface area contributed by atoms with Gasteiger partial charge in [-0.15, -0.1) is 0 Å². The Hall–Kier alpha value is -4.44. The molecule has 1 aliphatic heterocycles. The number of carbonyl (C=O) groups is 4. The van der Waals surface area contributed by atoms with E-state index in [1.807, 2.05) is 6.92 Å². The number of allylic oxidation sites excluding steroid dienone is 1. The van der Waals surface area contributed by atoms with Gasteiger partial charge in [0.15, 0.2) is 18.0 Å². The van der Waals surface area contributed by atoms with Crippen molar-refractivity contribution in [2.45, 2.75) is 51.9 Å². The van der Waals surface area contributed by atoms with Crippen LogP contribution in [0.5, 0.6) is 0 Å². The van der Waals surface area contributed by atoms with Crippen molar-refractivity contribution in [2.24, 2.45) is 16.7 Å². The van der Waals surface area contributed by atoms with Gasteiger partial charge in [0.25, 0.3) is 0 Å². The number of nitrogens with zero attached hydrogens (tertiary/aromatic N) is 2. The lowest BCUT2D eigenvalue weighted by atomic mass is 9.44. The van der Waals surface area contributed by atoms with Gasteiger partial charge in [-0.2, -0.15) is 0 Å². The van der Waals surface area contributed by atoms with Crippen molar-refractivity contribution < 1.29 is 38.5 Å². The number of aromatic nitrogens is 2. The summed E-state index contributed by atoms with van der Waals surface area (Å²) in [4.78, 5) is 59.6. The molecule has 10 nitrogen and oxygen atoms in total.